The molecule has 1 aliphatic rings. The van der Waals surface area contributed by atoms with Gasteiger partial charge in [0.2, 0.25) is 5.91 Å². The summed E-state index contributed by atoms with van der Waals surface area (Å²) in [7, 11) is 0. The summed E-state index contributed by atoms with van der Waals surface area (Å²) in [5.74, 6) is -0.0226. The Labute approximate surface area is 105 Å². The Morgan fingerprint density at radius 3 is 2.72 bits per heavy atom. The molecular weight excluding hydrogens is 232 g/mol. The van der Waals surface area contributed by atoms with Gasteiger partial charge in [0.05, 0.1) is 0 Å². The van der Waals surface area contributed by atoms with Crippen LogP contribution in [0.25, 0.3) is 0 Å². The van der Waals surface area contributed by atoms with Gasteiger partial charge in [0.25, 0.3) is 5.91 Å². The number of nitrogens with one attached hydrogen (secondary N) is 2. The second-order valence-corrected chi connectivity index (χ2v) is 4.30. The topological polar surface area (TPSA) is 97.1 Å². The van der Waals surface area contributed by atoms with Crippen LogP contribution in [0.3, 0.4) is 0 Å². The number of hydrogen-bond acceptors (Lipinski definition) is 4. The molecule has 4 N–H and O–H groups in total. The molecular formula is C12H16N4O2. The molecule has 6 nitrogen and oxygen atoms in total. The first-order valence-electron chi connectivity index (χ1n) is 5.94. The molecule has 1 aromatic rings. The van der Waals surface area contributed by atoms with E-state index >= 15 is 0 Å². The minimum Gasteiger partial charge on any atom is -0.399 e. The normalized spacial score (nSPS) is 14.0. The molecule has 0 radical (unpaired) electrons. The molecule has 0 aliphatic heterocycles. The van der Waals surface area contributed by atoms with Crippen LogP contribution in [0, 0.1) is 5.92 Å². The molecule has 1 saturated carbocycles. The molecule has 0 bridgehead atoms. The largest absolute Gasteiger partial charge is 0.399 e. The number of nitrogens with two attached hydrogens (primary N) is 1. The Bertz CT molecular complexity index is 457. The Morgan fingerprint density at radius 1 is 1.33 bits per heavy atom. The molecule has 18 heavy (non-hydrogen) atoms. The summed E-state index contributed by atoms with van der Waals surface area (Å²) < 4.78 is 0. The highest BCUT2D eigenvalue weighted by Crippen LogP contribution is 2.28. The molecule has 6 heteroatoms. The van der Waals surface area contributed by atoms with Crippen molar-refractivity contribution in [3.8, 4) is 0 Å². The second kappa shape index (κ2) is 5.48. The van der Waals surface area contributed by atoms with Crippen molar-refractivity contribution in [2.24, 2.45) is 5.92 Å². The number of anilines is 1. The van der Waals surface area contributed by atoms with Crippen LogP contribution < -0.4 is 16.4 Å². The van der Waals surface area contributed by atoms with Gasteiger partial charge in [-0.2, -0.15) is 0 Å². The van der Waals surface area contributed by atoms with Crippen molar-refractivity contribution < 1.29 is 9.59 Å². The number of carbonyl (C=O) groups excluding carboxylic acids is 2. The Balaban J connectivity index is 1.69. The first kappa shape index (κ1) is 12.3. The molecule has 96 valence electrons. The van der Waals surface area contributed by atoms with Gasteiger partial charge in [-0.25, -0.2) is 0 Å². The molecule has 1 aromatic heterocycles. The summed E-state index contributed by atoms with van der Waals surface area (Å²) in [5.41, 5.74) is 6.33. The van der Waals surface area contributed by atoms with Crippen LogP contribution in [0.15, 0.2) is 18.3 Å². The van der Waals surface area contributed by atoms with Gasteiger partial charge >= 0.3 is 0 Å². The quantitative estimate of drug-likeness (QED) is 0.635. The van der Waals surface area contributed by atoms with Crippen molar-refractivity contribution in [1.82, 2.24) is 15.6 Å². The van der Waals surface area contributed by atoms with Gasteiger partial charge < -0.3 is 16.4 Å². The van der Waals surface area contributed by atoms with Gasteiger partial charge in [-0.3, -0.25) is 14.6 Å². The van der Waals surface area contributed by atoms with Gasteiger partial charge in [-0.1, -0.05) is 0 Å². The number of amides is 2. The summed E-state index contributed by atoms with van der Waals surface area (Å²) in [6, 6.07) is 3.13. The second-order valence-electron chi connectivity index (χ2n) is 4.30. The average Bonchev–Trinajstić information content (AvgIpc) is 3.18. The number of rotatable bonds is 5. The van der Waals surface area contributed by atoms with E-state index in [4.69, 9.17) is 5.73 Å². The zero-order chi connectivity index (χ0) is 13.0. The SMILES string of the molecule is Nc1ccnc(C(=O)NCCNC(=O)C2CC2)c1. The zero-order valence-corrected chi connectivity index (χ0v) is 9.98. The zero-order valence-electron chi connectivity index (χ0n) is 9.98. The van der Waals surface area contributed by atoms with Crippen LogP contribution in [0.4, 0.5) is 5.69 Å². The highest BCUT2D eigenvalue weighted by molar-refractivity contribution is 5.93. The summed E-state index contributed by atoms with van der Waals surface area (Å²) in [4.78, 5) is 26.9. The van der Waals surface area contributed by atoms with Crippen molar-refractivity contribution in [2.45, 2.75) is 12.8 Å². The van der Waals surface area contributed by atoms with Crippen molar-refractivity contribution >= 4 is 17.5 Å². The number of carbonyl (C=O) groups is 2. The number of pyridine rings is 1. The number of nitrogen functional groups attached to an aromatic ring is 1. The third-order valence-electron chi connectivity index (χ3n) is 2.67. The maximum absolute atomic E-state index is 11.6. The Hall–Kier alpha value is -2.11. The highest BCUT2D eigenvalue weighted by Gasteiger charge is 2.28. The monoisotopic (exact) mass is 248 g/mol. The van der Waals surface area contributed by atoms with E-state index in [1.165, 1.54) is 12.3 Å². The molecule has 0 saturated heterocycles. The van der Waals surface area contributed by atoms with E-state index < -0.39 is 0 Å². The maximum atomic E-state index is 11.6. The van der Waals surface area contributed by atoms with Crippen LogP contribution in [0.5, 0.6) is 0 Å². The van der Waals surface area contributed by atoms with Crippen molar-refractivity contribution in [1.29, 1.82) is 0 Å². The predicted octanol–water partition coefficient (Wildman–Crippen LogP) is -0.0802. The average molecular weight is 248 g/mol. The predicted molar refractivity (Wildman–Crippen MR) is 66.7 cm³/mol. The Kier molecular flexibility index (Phi) is 3.76. The van der Waals surface area contributed by atoms with Crippen LogP contribution in [0.2, 0.25) is 0 Å². The number of hydrogen-bond donors (Lipinski definition) is 3. The minimum absolute atomic E-state index is 0.0753. The van der Waals surface area contributed by atoms with E-state index in [1.807, 2.05) is 0 Å². The lowest BCUT2D eigenvalue weighted by Crippen LogP contribution is -2.35. The van der Waals surface area contributed by atoms with Crippen molar-refractivity contribution in [3.05, 3.63) is 24.0 Å². The summed E-state index contributed by atoms with van der Waals surface area (Å²) in [6.45, 7) is 0.817. The molecule has 0 unspecified atom stereocenters. The van der Waals surface area contributed by atoms with Gasteiger partial charge in [-0.15, -0.1) is 0 Å². The molecule has 2 amide bonds. The third-order valence-corrected chi connectivity index (χ3v) is 2.67. The van der Waals surface area contributed by atoms with Gasteiger partial charge in [0.1, 0.15) is 5.69 Å². The van der Waals surface area contributed by atoms with Crippen LogP contribution in [-0.2, 0) is 4.79 Å². The maximum Gasteiger partial charge on any atom is 0.270 e. The van der Waals surface area contributed by atoms with Crippen molar-refractivity contribution in [2.75, 3.05) is 18.8 Å². The molecule has 1 fully saturated rings. The lowest BCUT2D eigenvalue weighted by molar-refractivity contribution is -0.122. The number of aromatic nitrogens is 1. The Morgan fingerprint density at radius 2 is 2.06 bits per heavy atom. The highest BCUT2D eigenvalue weighted by atomic mass is 16.2. The standard InChI is InChI=1S/C12H16N4O2/c13-9-3-4-14-10(7-9)12(18)16-6-5-15-11(17)8-1-2-8/h3-4,7-8H,1-2,5-6H2,(H2,13,14)(H,15,17)(H,16,18). The fourth-order valence-electron chi connectivity index (χ4n) is 1.51. The molecule has 0 spiro atoms. The van der Waals surface area contributed by atoms with E-state index in [0.717, 1.165) is 12.8 Å². The summed E-state index contributed by atoms with van der Waals surface area (Å²) in [6.07, 6.45) is 3.44. The molecule has 0 aromatic carbocycles. The van der Waals surface area contributed by atoms with Crippen LogP contribution in [0.1, 0.15) is 23.3 Å². The number of nitrogens with zero attached hydrogens (tertiary/aromatic N) is 1. The molecule has 1 heterocycles. The van der Waals surface area contributed by atoms with E-state index in [9.17, 15) is 9.59 Å². The van der Waals surface area contributed by atoms with E-state index in [1.54, 1.807) is 6.07 Å². The third kappa shape index (κ3) is 3.44. The van der Waals surface area contributed by atoms with Gasteiger partial charge in [0, 0.05) is 30.9 Å². The first-order valence-corrected chi connectivity index (χ1v) is 5.94. The van der Waals surface area contributed by atoms with Crippen molar-refractivity contribution in [3.63, 3.8) is 0 Å². The van der Waals surface area contributed by atoms with E-state index in [2.05, 4.69) is 15.6 Å². The fraction of sp³-hybridized carbons (Fsp3) is 0.417. The van der Waals surface area contributed by atoms with Gasteiger partial charge in [0.15, 0.2) is 0 Å². The first-order chi connectivity index (χ1) is 8.66. The van der Waals surface area contributed by atoms with Gasteiger partial charge in [-0.05, 0) is 25.0 Å². The molecule has 0 atom stereocenters. The smallest absolute Gasteiger partial charge is 0.270 e. The summed E-state index contributed by atoms with van der Waals surface area (Å²) in [5, 5.41) is 5.43. The van der Waals surface area contributed by atoms with Crippen LogP contribution >= 0.6 is 0 Å². The van der Waals surface area contributed by atoms with Crippen LogP contribution in [-0.4, -0.2) is 29.9 Å². The lowest BCUT2D eigenvalue weighted by atomic mass is 10.3. The fourth-order valence-corrected chi connectivity index (χ4v) is 1.51. The lowest BCUT2D eigenvalue weighted by Gasteiger charge is -2.06. The molecule has 2 rings (SSSR count). The summed E-state index contributed by atoms with van der Waals surface area (Å²) >= 11 is 0. The van der Waals surface area contributed by atoms with E-state index in [-0.39, 0.29) is 23.4 Å². The van der Waals surface area contributed by atoms with E-state index in [0.29, 0.717) is 18.8 Å². The minimum atomic E-state index is -0.289. The molecule has 1 aliphatic carbocycles.